The zero-order valence-electron chi connectivity index (χ0n) is 21.8. The average Bonchev–Trinajstić information content (AvgIpc) is 2.96. The molecule has 0 aliphatic carbocycles. The summed E-state index contributed by atoms with van der Waals surface area (Å²) in [5.74, 6) is -0.289. The summed E-state index contributed by atoms with van der Waals surface area (Å²) < 4.78 is 74.4. The smallest absolute Gasteiger partial charge is 0.465 e. The topological polar surface area (TPSA) is 107 Å². The number of rotatable bonds is 10. The maximum Gasteiger partial charge on any atom is 0.516 e. The first-order valence-corrected chi connectivity index (χ1v) is 14.7. The molecule has 0 fully saturated rings. The third-order valence-electron chi connectivity index (χ3n) is 5.53. The van der Waals surface area contributed by atoms with Gasteiger partial charge in [0.1, 0.15) is 11.4 Å². The zero-order chi connectivity index (χ0) is 29.6. The lowest BCUT2D eigenvalue weighted by Crippen LogP contribution is -2.30. The Morgan fingerprint density at radius 3 is 2.05 bits per heavy atom. The first-order valence-electron chi connectivity index (χ1n) is 12.2. The molecule has 0 spiro atoms. The highest BCUT2D eigenvalue weighted by molar-refractivity contribution is 7.99. The van der Waals surface area contributed by atoms with Crippen LogP contribution in [0, 0.1) is 0 Å². The molecule has 0 saturated carbocycles. The predicted molar refractivity (Wildman–Crippen MR) is 150 cm³/mol. The summed E-state index contributed by atoms with van der Waals surface area (Å²) >= 11 is 1.40. The molecule has 0 aliphatic rings. The fraction of sp³-hybridized carbons (Fsp3) is 0.179. The van der Waals surface area contributed by atoms with E-state index in [1.54, 1.807) is 0 Å². The summed E-state index contributed by atoms with van der Waals surface area (Å²) in [4.78, 5) is 22.1. The van der Waals surface area contributed by atoms with Crippen molar-refractivity contribution in [3.05, 3.63) is 84.4 Å². The van der Waals surface area contributed by atoms with Crippen molar-refractivity contribution < 1.29 is 35.9 Å². The lowest BCUT2D eigenvalue weighted by atomic mass is 10.0. The monoisotopic (exact) mass is 603 g/mol. The standard InChI is InChI=1S/C28H24F3N3O5S2/c1-3-16-40-26-25(32-23(18-10-6-4-7-11-18)24(33-26)19-12-8-5-9-13-19)39-20-14-15-22(21(17-20)27(35)38-2)34-41(36,37)28(29,30)31/h4-15,17,34H,3,16H2,1-2H3. The Labute approximate surface area is 239 Å². The van der Waals surface area contributed by atoms with Crippen LogP contribution in [-0.4, -0.2) is 42.7 Å². The third kappa shape index (κ3) is 6.98. The first-order chi connectivity index (χ1) is 19.5. The van der Waals surface area contributed by atoms with E-state index in [4.69, 9.17) is 14.7 Å². The van der Waals surface area contributed by atoms with E-state index in [2.05, 4.69) is 4.74 Å². The van der Waals surface area contributed by atoms with Gasteiger partial charge in [-0.3, -0.25) is 4.72 Å². The molecule has 0 atom stereocenters. The molecule has 4 aromatic rings. The van der Waals surface area contributed by atoms with Crippen molar-refractivity contribution in [2.45, 2.75) is 23.9 Å². The van der Waals surface area contributed by atoms with Gasteiger partial charge in [-0.15, -0.1) is 11.8 Å². The van der Waals surface area contributed by atoms with Crippen LogP contribution in [0.4, 0.5) is 18.9 Å². The van der Waals surface area contributed by atoms with E-state index in [1.165, 1.54) is 22.6 Å². The van der Waals surface area contributed by atoms with Crippen molar-refractivity contribution in [2.75, 3.05) is 17.6 Å². The molecule has 3 aromatic carbocycles. The van der Waals surface area contributed by atoms with Gasteiger partial charge in [0.25, 0.3) is 5.88 Å². The van der Waals surface area contributed by atoms with Crippen LogP contribution in [0.25, 0.3) is 22.5 Å². The second-order valence-corrected chi connectivity index (χ2v) is 11.2. The zero-order valence-corrected chi connectivity index (χ0v) is 23.4. The van der Waals surface area contributed by atoms with Crippen molar-refractivity contribution in [3.63, 3.8) is 0 Å². The lowest BCUT2D eigenvalue weighted by molar-refractivity contribution is -0.0429. The van der Waals surface area contributed by atoms with Crippen LogP contribution in [0.5, 0.6) is 11.6 Å². The Kier molecular flexibility index (Phi) is 9.18. The van der Waals surface area contributed by atoms with Gasteiger partial charge >= 0.3 is 21.5 Å². The molecule has 0 unspecified atom stereocenters. The maximum atomic E-state index is 13.0. The molecule has 0 aliphatic heterocycles. The number of carbonyl (C=O) groups is 1. The van der Waals surface area contributed by atoms with Gasteiger partial charge in [-0.2, -0.15) is 21.6 Å². The number of thioether (sulfide) groups is 1. The second kappa shape index (κ2) is 12.6. The van der Waals surface area contributed by atoms with Crippen molar-refractivity contribution in [1.82, 2.24) is 9.97 Å². The predicted octanol–water partition coefficient (Wildman–Crippen LogP) is 7.15. The van der Waals surface area contributed by atoms with Crippen LogP contribution in [0.2, 0.25) is 0 Å². The highest BCUT2D eigenvalue weighted by Crippen LogP contribution is 2.38. The molecule has 0 saturated heterocycles. The SMILES string of the molecule is CCCSc1nc(-c2ccccc2)c(-c2ccccc2)nc1Oc1ccc(NS(=O)(=O)C(F)(F)F)c(C(=O)OC)c1. The van der Waals surface area contributed by atoms with Crippen LogP contribution in [0.1, 0.15) is 23.7 Å². The molecular weight excluding hydrogens is 579 g/mol. The van der Waals surface area contributed by atoms with Crippen molar-refractivity contribution in [1.29, 1.82) is 0 Å². The Morgan fingerprint density at radius 2 is 1.51 bits per heavy atom. The van der Waals surface area contributed by atoms with Gasteiger partial charge in [0.15, 0.2) is 5.03 Å². The Bertz CT molecular complexity index is 1640. The number of nitrogens with zero attached hydrogens (tertiary/aromatic N) is 2. The van der Waals surface area contributed by atoms with Gasteiger partial charge in [-0.25, -0.2) is 14.8 Å². The van der Waals surface area contributed by atoms with Crippen LogP contribution < -0.4 is 9.46 Å². The molecule has 214 valence electrons. The number of nitrogens with one attached hydrogen (secondary N) is 1. The number of anilines is 1. The molecule has 0 bridgehead atoms. The first kappa shape index (κ1) is 29.9. The summed E-state index contributed by atoms with van der Waals surface area (Å²) in [7, 11) is -4.78. The number of hydrogen-bond donors (Lipinski definition) is 1. The minimum absolute atomic E-state index is 0.000483. The average molecular weight is 604 g/mol. The molecule has 0 amide bonds. The van der Waals surface area contributed by atoms with E-state index in [0.29, 0.717) is 22.2 Å². The molecule has 1 heterocycles. The molecular formula is C28H24F3N3O5S2. The Hall–Kier alpha value is -4.10. The fourth-order valence-electron chi connectivity index (χ4n) is 3.63. The highest BCUT2D eigenvalue weighted by Gasteiger charge is 2.46. The molecule has 41 heavy (non-hydrogen) atoms. The molecule has 4 rings (SSSR count). The summed E-state index contributed by atoms with van der Waals surface area (Å²) in [5.41, 5.74) is -3.97. The maximum absolute atomic E-state index is 13.0. The van der Waals surface area contributed by atoms with E-state index in [1.807, 2.05) is 67.6 Å². The van der Waals surface area contributed by atoms with E-state index < -0.39 is 32.8 Å². The lowest BCUT2D eigenvalue weighted by Gasteiger charge is -2.17. The number of hydrogen-bond acceptors (Lipinski definition) is 8. The van der Waals surface area contributed by atoms with Gasteiger partial charge in [0.2, 0.25) is 0 Å². The van der Waals surface area contributed by atoms with E-state index >= 15 is 0 Å². The van der Waals surface area contributed by atoms with Gasteiger partial charge in [0, 0.05) is 11.1 Å². The van der Waals surface area contributed by atoms with Crippen LogP contribution >= 0.6 is 11.8 Å². The van der Waals surface area contributed by atoms with Crippen LogP contribution in [0.3, 0.4) is 0 Å². The molecule has 13 heteroatoms. The number of methoxy groups -OCH3 is 1. The van der Waals surface area contributed by atoms with Crippen molar-refractivity contribution in [3.8, 4) is 34.1 Å². The molecule has 8 nitrogen and oxygen atoms in total. The van der Waals surface area contributed by atoms with E-state index in [0.717, 1.165) is 36.8 Å². The highest BCUT2D eigenvalue weighted by atomic mass is 32.2. The fourth-order valence-corrected chi connectivity index (χ4v) is 4.97. The number of sulfonamides is 1. The molecule has 1 N–H and O–H groups in total. The number of aromatic nitrogens is 2. The third-order valence-corrected chi connectivity index (χ3v) is 7.78. The van der Waals surface area contributed by atoms with E-state index in [9.17, 15) is 26.4 Å². The summed E-state index contributed by atoms with van der Waals surface area (Å²) in [6.07, 6.45) is 0.827. The number of benzene rings is 3. The number of esters is 1. The summed E-state index contributed by atoms with van der Waals surface area (Å²) in [6.45, 7) is 2.00. The Balaban J connectivity index is 1.83. The minimum atomic E-state index is -5.80. The van der Waals surface area contributed by atoms with Gasteiger partial charge in [-0.05, 0) is 30.4 Å². The Morgan fingerprint density at radius 1 is 0.927 bits per heavy atom. The second-order valence-electron chi connectivity index (χ2n) is 8.46. The number of carbonyl (C=O) groups excluding carboxylic acids is 1. The minimum Gasteiger partial charge on any atom is -0.465 e. The number of ether oxygens (including phenoxy) is 2. The van der Waals surface area contributed by atoms with Crippen LogP contribution in [-0.2, 0) is 14.8 Å². The number of halogens is 3. The largest absolute Gasteiger partial charge is 0.516 e. The van der Waals surface area contributed by atoms with Gasteiger partial charge < -0.3 is 9.47 Å². The normalized spacial score (nSPS) is 11.6. The van der Waals surface area contributed by atoms with Crippen LogP contribution in [0.15, 0.2) is 83.9 Å². The van der Waals surface area contributed by atoms with E-state index in [-0.39, 0.29) is 11.6 Å². The molecule has 0 radical (unpaired) electrons. The summed E-state index contributed by atoms with van der Waals surface area (Å²) in [6, 6.07) is 22.1. The van der Waals surface area contributed by atoms with Gasteiger partial charge in [0.05, 0.1) is 24.1 Å². The van der Waals surface area contributed by atoms with Gasteiger partial charge in [-0.1, -0.05) is 67.6 Å². The van der Waals surface area contributed by atoms with Crippen molar-refractivity contribution >= 4 is 33.4 Å². The summed E-state index contributed by atoms with van der Waals surface area (Å²) in [5, 5.41) is 0.451. The molecule has 1 aromatic heterocycles. The number of alkyl halides is 3. The quantitative estimate of drug-likeness (QED) is 0.150. The van der Waals surface area contributed by atoms with Crippen molar-refractivity contribution in [2.24, 2.45) is 0 Å².